The Morgan fingerprint density at radius 2 is 2.21 bits per heavy atom. The van der Waals surface area contributed by atoms with Gasteiger partial charge < -0.3 is 19.7 Å². The Morgan fingerprint density at radius 1 is 1.52 bits per heavy atom. The van der Waals surface area contributed by atoms with Gasteiger partial charge in [-0.05, 0) is 20.3 Å². The van der Waals surface area contributed by atoms with Gasteiger partial charge in [-0.3, -0.25) is 9.79 Å². The molecule has 2 atom stereocenters. The minimum Gasteiger partial charge on any atom is -0.496 e. The highest BCUT2D eigenvalue weighted by Gasteiger charge is 2.40. The maximum atomic E-state index is 12.8. The molecule has 0 fully saturated rings. The summed E-state index contributed by atoms with van der Waals surface area (Å²) in [5.41, 5.74) is -1.89. The van der Waals surface area contributed by atoms with E-state index in [9.17, 15) is 22.8 Å². The van der Waals surface area contributed by atoms with Crippen molar-refractivity contribution < 1.29 is 32.3 Å². The topological polar surface area (TPSA) is 113 Å². The molecule has 1 amide bonds. The van der Waals surface area contributed by atoms with Crippen LogP contribution in [-0.4, -0.2) is 46.4 Å². The van der Waals surface area contributed by atoms with Gasteiger partial charge in [0.15, 0.2) is 0 Å². The van der Waals surface area contributed by atoms with Gasteiger partial charge in [0.1, 0.15) is 27.8 Å². The Bertz CT molecular complexity index is 884. The van der Waals surface area contributed by atoms with E-state index in [1.165, 1.54) is 38.8 Å². The number of hydrogen-bond donors (Lipinski definition) is 2. The number of thioether (sulfide) groups is 1. The maximum absolute atomic E-state index is 12.8. The number of carbonyl (C=O) groups is 1. The van der Waals surface area contributed by atoms with E-state index in [1.807, 2.05) is 0 Å². The summed E-state index contributed by atoms with van der Waals surface area (Å²) < 4.78 is 48.2. The molecule has 1 aliphatic rings. The highest BCUT2D eigenvalue weighted by molar-refractivity contribution is 8.16. The first-order valence-corrected chi connectivity index (χ1v) is 9.44. The molecule has 8 nitrogen and oxygen atoms in total. The Hall–Kier alpha value is -2.50. The first kappa shape index (κ1) is 22.8. The number of nitrogens with zero attached hydrogens (tertiary/aromatic N) is 2. The molecule has 0 saturated carbocycles. The molecule has 1 aromatic rings. The van der Waals surface area contributed by atoms with Crippen LogP contribution in [-0.2, 0) is 4.79 Å². The van der Waals surface area contributed by atoms with Gasteiger partial charge in [0.25, 0.3) is 0 Å². The first-order chi connectivity index (χ1) is 13.5. The lowest BCUT2D eigenvalue weighted by atomic mass is 10.0. The quantitative estimate of drug-likeness (QED) is 0.387. The van der Waals surface area contributed by atoms with E-state index >= 15 is 0 Å². The number of halogens is 3. The van der Waals surface area contributed by atoms with Crippen LogP contribution in [0.4, 0.5) is 13.2 Å². The summed E-state index contributed by atoms with van der Waals surface area (Å²) in [6, 6.07) is 1.07. The second-order valence-corrected chi connectivity index (χ2v) is 7.53. The zero-order valence-electron chi connectivity index (χ0n) is 15.9. The van der Waals surface area contributed by atoms with Crippen LogP contribution < -0.4 is 15.7 Å². The molecular weight excluding hydrogens is 415 g/mol. The van der Waals surface area contributed by atoms with Crippen LogP contribution in [0.25, 0.3) is 0 Å². The van der Waals surface area contributed by atoms with E-state index in [0.717, 1.165) is 6.07 Å². The van der Waals surface area contributed by atoms with E-state index in [1.54, 1.807) is 0 Å². The molecule has 1 aromatic heterocycles. The second-order valence-electron chi connectivity index (χ2n) is 6.56. The molecule has 0 aliphatic carbocycles. The van der Waals surface area contributed by atoms with E-state index in [4.69, 9.17) is 14.4 Å². The van der Waals surface area contributed by atoms with E-state index in [-0.39, 0.29) is 23.0 Å². The lowest BCUT2D eigenvalue weighted by Gasteiger charge is -2.24. The van der Waals surface area contributed by atoms with Crippen LogP contribution in [0.2, 0.25) is 0 Å². The Labute approximate surface area is 168 Å². The average molecular weight is 435 g/mol. The highest BCUT2D eigenvalue weighted by Crippen LogP contribution is 2.32. The molecule has 12 heteroatoms. The van der Waals surface area contributed by atoms with Crippen LogP contribution in [0, 0.1) is 0 Å². The molecule has 0 aromatic carbocycles. The van der Waals surface area contributed by atoms with Gasteiger partial charge in [-0.15, -0.1) is 11.8 Å². The summed E-state index contributed by atoms with van der Waals surface area (Å²) in [5.74, 6) is -0.503. The number of aliphatic imine (C=N–C) groups is 1. The van der Waals surface area contributed by atoms with E-state index in [0.29, 0.717) is 5.04 Å². The molecular formula is C17H20F3N3O5S. The van der Waals surface area contributed by atoms with Crippen molar-refractivity contribution in [2.24, 2.45) is 10.1 Å². The smallest absolute Gasteiger partial charge is 0.389 e. The standard InChI is InChI=1S/C17H20F3N3O5S/c1-9(23-26)14-22-16(2,8-29-14)15(25)21-11(4-5-17(18,19)20)12-6-10(27-3)7-13(24)28-12/h6-7,11,26H,4-5,8H2,1-3H3,(H,21,25)/b23-9+/t11-,16?/m1/s1. The molecule has 1 unspecified atom stereocenters. The van der Waals surface area contributed by atoms with Crippen molar-refractivity contribution in [3.63, 3.8) is 0 Å². The average Bonchev–Trinajstić information content (AvgIpc) is 3.06. The summed E-state index contributed by atoms with van der Waals surface area (Å²) in [6.07, 6.45) is -6.20. The van der Waals surface area contributed by atoms with Crippen molar-refractivity contribution in [3.05, 3.63) is 28.3 Å². The molecule has 2 N–H and O–H groups in total. The number of oxime groups is 1. The van der Waals surface area contributed by atoms with E-state index < -0.39 is 42.1 Å². The molecule has 0 spiro atoms. The predicted molar refractivity (Wildman–Crippen MR) is 101 cm³/mol. The number of alkyl halides is 3. The molecule has 1 aliphatic heterocycles. The number of amides is 1. The molecule has 0 radical (unpaired) electrons. The van der Waals surface area contributed by atoms with Gasteiger partial charge in [0.2, 0.25) is 5.91 Å². The Balaban J connectivity index is 2.30. The molecule has 160 valence electrons. The number of carbonyl (C=O) groups excluding carboxylic acids is 1. The third-order valence-electron chi connectivity index (χ3n) is 4.15. The van der Waals surface area contributed by atoms with Crippen LogP contribution >= 0.6 is 11.8 Å². The fourth-order valence-electron chi connectivity index (χ4n) is 2.51. The molecule has 2 heterocycles. The minimum atomic E-state index is -4.46. The van der Waals surface area contributed by atoms with Crippen LogP contribution in [0.5, 0.6) is 5.75 Å². The second kappa shape index (κ2) is 8.89. The van der Waals surface area contributed by atoms with Crippen molar-refractivity contribution in [1.82, 2.24) is 5.32 Å². The zero-order valence-corrected chi connectivity index (χ0v) is 16.7. The lowest BCUT2D eigenvalue weighted by molar-refractivity contribution is -0.139. The van der Waals surface area contributed by atoms with Gasteiger partial charge in [-0.2, -0.15) is 13.2 Å². The predicted octanol–water partition coefficient (Wildman–Crippen LogP) is 2.90. The molecule has 0 bridgehead atoms. The van der Waals surface area contributed by atoms with Crippen LogP contribution in [0.1, 0.15) is 38.5 Å². The SMILES string of the molecule is COc1cc([C@@H](CCC(F)(F)F)NC(=O)C2(C)CSC(/C(C)=N/O)=N2)oc(=O)c1. The summed E-state index contributed by atoms with van der Waals surface area (Å²) in [6.45, 7) is 3.02. The van der Waals surface area contributed by atoms with Crippen molar-refractivity contribution in [2.45, 2.75) is 44.4 Å². The maximum Gasteiger partial charge on any atom is 0.389 e. The van der Waals surface area contributed by atoms with Gasteiger partial charge in [0.05, 0.1) is 19.2 Å². The van der Waals surface area contributed by atoms with Gasteiger partial charge in [-0.25, -0.2) is 4.79 Å². The number of nitrogens with one attached hydrogen (secondary N) is 1. The monoisotopic (exact) mass is 435 g/mol. The number of hydrogen-bond acceptors (Lipinski definition) is 8. The Kier molecular flexibility index (Phi) is 6.98. The molecule has 0 saturated heterocycles. The molecule has 2 rings (SSSR count). The summed E-state index contributed by atoms with van der Waals surface area (Å²) in [4.78, 5) is 28.7. The summed E-state index contributed by atoms with van der Waals surface area (Å²) >= 11 is 1.18. The number of methoxy groups -OCH3 is 1. The normalized spacial score (nSPS) is 20.9. The first-order valence-electron chi connectivity index (χ1n) is 8.46. The number of rotatable bonds is 7. The molecule has 29 heavy (non-hydrogen) atoms. The van der Waals surface area contributed by atoms with Crippen LogP contribution in [0.15, 0.2) is 31.5 Å². The Morgan fingerprint density at radius 3 is 2.79 bits per heavy atom. The van der Waals surface area contributed by atoms with Crippen LogP contribution in [0.3, 0.4) is 0 Å². The number of ether oxygens (including phenoxy) is 1. The van der Waals surface area contributed by atoms with Gasteiger partial charge in [0, 0.05) is 18.2 Å². The fraction of sp³-hybridized carbons (Fsp3) is 0.529. The van der Waals surface area contributed by atoms with E-state index in [2.05, 4.69) is 15.5 Å². The summed E-state index contributed by atoms with van der Waals surface area (Å²) in [5, 5.41) is 14.7. The van der Waals surface area contributed by atoms with Crippen molar-refractivity contribution >= 4 is 28.4 Å². The zero-order chi connectivity index (χ0) is 21.8. The third kappa shape index (κ3) is 5.99. The fourth-order valence-corrected chi connectivity index (χ4v) is 3.64. The largest absolute Gasteiger partial charge is 0.496 e. The van der Waals surface area contributed by atoms with Crippen molar-refractivity contribution in [2.75, 3.05) is 12.9 Å². The van der Waals surface area contributed by atoms with Gasteiger partial charge in [-0.1, -0.05) is 5.16 Å². The lowest BCUT2D eigenvalue weighted by Crippen LogP contribution is -2.45. The minimum absolute atomic E-state index is 0.0974. The van der Waals surface area contributed by atoms with Gasteiger partial charge >= 0.3 is 11.8 Å². The summed E-state index contributed by atoms with van der Waals surface area (Å²) in [7, 11) is 1.29. The third-order valence-corrected chi connectivity index (χ3v) is 5.52. The highest BCUT2D eigenvalue weighted by atomic mass is 32.2. The van der Waals surface area contributed by atoms with Crippen molar-refractivity contribution in [1.29, 1.82) is 0 Å². The van der Waals surface area contributed by atoms with Crippen molar-refractivity contribution in [3.8, 4) is 5.75 Å².